The van der Waals surface area contributed by atoms with Crippen molar-refractivity contribution in [3.63, 3.8) is 0 Å². The van der Waals surface area contributed by atoms with Crippen LogP contribution in [0.4, 0.5) is 4.39 Å². The van der Waals surface area contributed by atoms with E-state index in [1.54, 1.807) is 6.07 Å². The molecule has 2 nitrogen and oxygen atoms in total. The third kappa shape index (κ3) is 2.16. The number of unbranched alkanes of at least 4 members (excludes halogenated alkanes) is 2. The predicted octanol–water partition coefficient (Wildman–Crippen LogP) is 4.03. The van der Waals surface area contributed by atoms with Crippen molar-refractivity contribution in [2.24, 2.45) is 0 Å². The lowest BCUT2D eigenvalue weighted by atomic mass is 10.2. The van der Waals surface area contributed by atoms with E-state index in [0.717, 1.165) is 24.0 Å². The molecule has 0 aliphatic rings. The highest BCUT2D eigenvalue weighted by Crippen LogP contribution is 2.16. The maximum Gasteiger partial charge on any atom is 0.178 e. The first-order valence-corrected chi connectivity index (χ1v) is 6.01. The van der Waals surface area contributed by atoms with Gasteiger partial charge in [-0.2, -0.15) is 0 Å². The number of H-pyrrole nitrogens is 1. The molecule has 2 aromatic rings. The highest BCUT2D eigenvalue weighted by atomic mass is 32.1. The third-order valence-corrected chi connectivity index (χ3v) is 3.04. The van der Waals surface area contributed by atoms with Gasteiger partial charge in [-0.3, -0.25) is 0 Å². The zero-order valence-electron chi connectivity index (χ0n) is 9.29. The first kappa shape index (κ1) is 11.3. The van der Waals surface area contributed by atoms with Crippen LogP contribution in [-0.4, -0.2) is 9.55 Å². The molecule has 0 unspecified atom stereocenters. The van der Waals surface area contributed by atoms with Gasteiger partial charge in [0, 0.05) is 6.54 Å². The minimum absolute atomic E-state index is 0.232. The Bertz CT molecular complexity index is 541. The molecule has 86 valence electrons. The molecule has 1 aromatic heterocycles. The quantitative estimate of drug-likeness (QED) is 0.630. The van der Waals surface area contributed by atoms with Crippen LogP contribution < -0.4 is 0 Å². The van der Waals surface area contributed by atoms with Gasteiger partial charge >= 0.3 is 0 Å². The molecule has 0 amide bonds. The number of aromatic nitrogens is 2. The first-order chi connectivity index (χ1) is 7.72. The van der Waals surface area contributed by atoms with E-state index < -0.39 is 0 Å². The zero-order valence-corrected chi connectivity index (χ0v) is 10.1. The van der Waals surface area contributed by atoms with Crippen molar-refractivity contribution in [1.82, 2.24) is 9.55 Å². The van der Waals surface area contributed by atoms with E-state index in [4.69, 9.17) is 12.2 Å². The molecule has 1 heterocycles. The van der Waals surface area contributed by atoms with E-state index in [2.05, 4.69) is 11.9 Å². The van der Waals surface area contributed by atoms with Crippen LogP contribution in [0.2, 0.25) is 0 Å². The molecule has 1 aromatic carbocycles. The van der Waals surface area contributed by atoms with Gasteiger partial charge in [0.1, 0.15) is 5.82 Å². The second-order valence-electron chi connectivity index (χ2n) is 3.95. The number of fused-ring (bicyclic) bond motifs is 1. The number of nitrogens with zero attached hydrogens (tertiary/aromatic N) is 1. The Morgan fingerprint density at radius 3 is 2.94 bits per heavy atom. The Morgan fingerprint density at radius 1 is 1.38 bits per heavy atom. The van der Waals surface area contributed by atoms with Crippen LogP contribution in [0.15, 0.2) is 18.2 Å². The van der Waals surface area contributed by atoms with Gasteiger partial charge in [-0.1, -0.05) is 19.8 Å². The minimum atomic E-state index is -0.232. The fraction of sp³-hybridized carbons (Fsp3) is 0.417. The lowest BCUT2D eigenvalue weighted by Gasteiger charge is -2.03. The molecule has 1 N–H and O–H groups in total. The number of rotatable bonds is 4. The summed E-state index contributed by atoms with van der Waals surface area (Å²) in [5, 5.41) is 0. The summed E-state index contributed by atoms with van der Waals surface area (Å²) in [4.78, 5) is 3.03. The van der Waals surface area contributed by atoms with Crippen LogP contribution in [0.25, 0.3) is 11.0 Å². The van der Waals surface area contributed by atoms with Gasteiger partial charge < -0.3 is 9.55 Å². The smallest absolute Gasteiger partial charge is 0.178 e. The van der Waals surface area contributed by atoms with Crippen LogP contribution in [0.1, 0.15) is 26.2 Å². The lowest BCUT2D eigenvalue weighted by molar-refractivity contribution is 0.608. The van der Waals surface area contributed by atoms with Crippen molar-refractivity contribution in [3.8, 4) is 0 Å². The maximum atomic E-state index is 13.0. The highest BCUT2D eigenvalue weighted by Gasteiger charge is 2.04. The Balaban J connectivity index is 2.36. The first-order valence-electron chi connectivity index (χ1n) is 5.60. The summed E-state index contributed by atoms with van der Waals surface area (Å²) in [6.45, 7) is 3.07. The maximum absolute atomic E-state index is 13.0. The molecule has 0 saturated carbocycles. The summed E-state index contributed by atoms with van der Waals surface area (Å²) in [6, 6.07) is 4.74. The molecule has 4 heteroatoms. The normalized spacial score (nSPS) is 11.1. The van der Waals surface area contributed by atoms with Gasteiger partial charge in [-0.25, -0.2) is 4.39 Å². The summed E-state index contributed by atoms with van der Waals surface area (Å²) in [7, 11) is 0. The van der Waals surface area contributed by atoms with E-state index in [1.165, 1.54) is 25.0 Å². The number of imidazole rings is 1. The van der Waals surface area contributed by atoms with Crippen LogP contribution >= 0.6 is 12.2 Å². The highest BCUT2D eigenvalue weighted by molar-refractivity contribution is 7.71. The fourth-order valence-corrected chi connectivity index (χ4v) is 2.18. The topological polar surface area (TPSA) is 20.7 Å². The Kier molecular flexibility index (Phi) is 3.39. The number of benzene rings is 1. The minimum Gasteiger partial charge on any atom is -0.330 e. The van der Waals surface area contributed by atoms with E-state index >= 15 is 0 Å². The number of hydrogen-bond acceptors (Lipinski definition) is 1. The second kappa shape index (κ2) is 4.78. The van der Waals surface area contributed by atoms with Gasteiger partial charge in [0.05, 0.1) is 11.0 Å². The summed E-state index contributed by atoms with van der Waals surface area (Å²) in [6.07, 6.45) is 3.48. The van der Waals surface area contributed by atoms with Gasteiger partial charge in [-0.05, 0) is 36.8 Å². The summed E-state index contributed by atoms with van der Waals surface area (Å²) < 4.78 is 15.7. The SMILES string of the molecule is CCCCCn1c(=S)[nH]c2cc(F)ccc21. The molecule has 0 bridgehead atoms. The van der Waals surface area contributed by atoms with Crippen molar-refractivity contribution in [1.29, 1.82) is 0 Å². The molecule has 0 spiro atoms. The molecule has 0 fully saturated rings. The Labute approximate surface area is 99.1 Å². The van der Waals surface area contributed by atoms with Crippen molar-refractivity contribution in [2.45, 2.75) is 32.7 Å². The molecule has 0 atom stereocenters. The zero-order chi connectivity index (χ0) is 11.5. The fourth-order valence-electron chi connectivity index (χ4n) is 1.88. The number of halogens is 1. The molecule has 0 saturated heterocycles. The van der Waals surface area contributed by atoms with Crippen LogP contribution in [0.5, 0.6) is 0 Å². The average molecular weight is 238 g/mol. The van der Waals surface area contributed by atoms with Gasteiger partial charge in [-0.15, -0.1) is 0 Å². The lowest BCUT2D eigenvalue weighted by Crippen LogP contribution is -1.97. The number of hydrogen-bond donors (Lipinski definition) is 1. The van der Waals surface area contributed by atoms with Crippen LogP contribution in [0.3, 0.4) is 0 Å². The Hall–Kier alpha value is -1.16. The van der Waals surface area contributed by atoms with Crippen molar-refractivity contribution >= 4 is 23.3 Å². The van der Waals surface area contributed by atoms with Crippen LogP contribution in [0, 0.1) is 10.6 Å². The number of nitrogens with one attached hydrogen (secondary N) is 1. The second-order valence-corrected chi connectivity index (χ2v) is 4.34. The number of aromatic amines is 1. The van der Waals surface area contributed by atoms with Gasteiger partial charge in [0.15, 0.2) is 4.77 Å². The Morgan fingerprint density at radius 2 is 2.19 bits per heavy atom. The molecular weight excluding hydrogens is 223 g/mol. The molecule has 16 heavy (non-hydrogen) atoms. The molecule has 0 aliphatic heterocycles. The van der Waals surface area contributed by atoms with E-state index in [0.29, 0.717) is 4.77 Å². The van der Waals surface area contributed by atoms with Crippen LogP contribution in [-0.2, 0) is 6.54 Å². The molecule has 0 aliphatic carbocycles. The standard InChI is InChI=1S/C12H15FN2S/c1-2-3-4-7-15-11-6-5-9(13)8-10(11)14-12(15)16/h5-6,8H,2-4,7H2,1H3,(H,14,16). The summed E-state index contributed by atoms with van der Waals surface area (Å²) >= 11 is 5.23. The molecular formula is C12H15FN2S. The number of aryl methyl sites for hydroxylation is 1. The summed E-state index contributed by atoms with van der Waals surface area (Å²) in [5.74, 6) is -0.232. The van der Waals surface area contributed by atoms with E-state index in [-0.39, 0.29) is 5.82 Å². The van der Waals surface area contributed by atoms with Crippen molar-refractivity contribution < 1.29 is 4.39 Å². The van der Waals surface area contributed by atoms with Gasteiger partial charge in [0.2, 0.25) is 0 Å². The van der Waals surface area contributed by atoms with Crippen molar-refractivity contribution in [2.75, 3.05) is 0 Å². The summed E-state index contributed by atoms with van der Waals surface area (Å²) in [5.41, 5.74) is 1.77. The van der Waals surface area contributed by atoms with E-state index in [9.17, 15) is 4.39 Å². The largest absolute Gasteiger partial charge is 0.330 e. The van der Waals surface area contributed by atoms with Gasteiger partial charge in [0.25, 0.3) is 0 Å². The monoisotopic (exact) mass is 238 g/mol. The third-order valence-electron chi connectivity index (χ3n) is 2.72. The predicted molar refractivity (Wildman–Crippen MR) is 66.6 cm³/mol. The average Bonchev–Trinajstić information content (AvgIpc) is 2.55. The van der Waals surface area contributed by atoms with Crippen molar-refractivity contribution in [3.05, 3.63) is 28.8 Å². The molecule has 0 radical (unpaired) electrons. The van der Waals surface area contributed by atoms with E-state index in [1.807, 2.05) is 4.57 Å². The molecule has 2 rings (SSSR count).